The Morgan fingerprint density at radius 3 is 2.26 bits per heavy atom. The zero-order valence-corrected chi connectivity index (χ0v) is 16.3. The molecule has 0 atom stereocenters. The first-order valence-corrected chi connectivity index (χ1v) is 9.52. The molecule has 5 heteroatoms. The summed E-state index contributed by atoms with van der Waals surface area (Å²) in [6.07, 6.45) is 1.84. The molecule has 0 aromatic heterocycles. The highest BCUT2D eigenvalue weighted by atomic mass is 32.2. The van der Waals surface area contributed by atoms with Crippen LogP contribution in [0.5, 0.6) is 0 Å². The van der Waals surface area contributed by atoms with Crippen LogP contribution in [0.2, 0.25) is 0 Å². The van der Waals surface area contributed by atoms with Gasteiger partial charge in [0.15, 0.2) is 0 Å². The van der Waals surface area contributed by atoms with Crippen LogP contribution in [0.3, 0.4) is 0 Å². The lowest BCUT2D eigenvalue weighted by Gasteiger charge is -2.04. The van der Waals surface area contributed by atoms with Crippen LogP contribution in [0, 0.1) is 13.8 Å². The average molecular weight is 379 g/mol. The molecule has 4 nitrogen and oxygen atoms in total. The van der Waals surface area contributed by atoms with Crippen molar-refractivity contribution in [3.05, 3.63) is 81.5 Å². The Morgan fingerprint density at radius 2 is 1.67 bits per heavy atom. The smallest absolute Gasteiger partial charge is 0.344 e. The minimum absolute atomic E-state index is 0.0927. The number of ether oxygens (including phenoxy) is 1. The largest absolute Gasteiger partial charge is 0.506 e. The Labute approximate surface area is 163 Å². The summed E-state index contributed by atoms with van der Waals surface area (Å²) >= 11 is 1.27. The maximum Gasteiger partial charge on any atom is 0.344 e. The molecular formula is C22H21NO3S. The highest BCUT2D eigenvalue weighted by Crippen LogP contribution is 2.40. The highest BCUT2D eigenvalue weighted by molar-refractivity contribution is 8.18. The maximum atomic E-state index is 12.4. The number of benzene rings is 2. The molecule has 0 amide bonds. The molecule has 0 saturated carbocycles. The van der Waals surface area contributed by atoms with Gasteiger partial charge in [-0.2, -0.15) is 0 Å². The Kier molecular flexibility index (Phi) is 5.81. The molecule has 2 aromatic carbocycles. The lowest BCUT2D eigenvalue weighted by molar-refractivity contribution is -0.138. The van der Waals surface area contributed by atoms with Gasteiger partial charge in [0.05, 0.1) is 17.2 Å². The standard InChI is InChI=1S/C22H21NO3S/c1-4-26-22(25)19-20(24)18(13-16-9-5-14(2)6-10-16)27-21(19)23-17-11-7-15(3)8-12-17/h5-13,24H,4H2,1-3H3. The summed E-state index contributed by atoms with van der Waals surface area (Å²) < 4.78 is 5.12. The van der Waals surface area contributed by atoms with E-state index in [-0.39, 0.29) is 17.9 Å². The number of carbonyl (C=O) groups excluding carboxylic acids is 1. The molecule has 0 radical (unpaired) electrons. The number of aryl methyl sites for hydroxylation is 2. The number of hydrogen-bond donors (Lipinski definition) is 1. The monoisotopic (exact) mass is 379 g/mol. The fourth-order valence-corrected chi connectivity index (χ4v) is 3.58. The minimum atomic E-state index is -0.569. The lowest BCUT2D eigenvalue weighted by Crippen LogP contribution is -2.12. The van der Waals surface area contributed by atoms with Crippen LogP contribution in [0.25, 0.3) is 6.08 Å². The Balaban J connectivity index is 2.02. The molecule has 3 rings (SSSR count). The van der Waals surface area contributed by atoms with Crippen molar-refractivity contribution < 1.29 is 14.6 Å². The number of aliphatic imine (C=N–C) groups is 1. The van der Waals surface area contributed by atoms with Gasteiger partial charge in [0.1, 0.15) is 16.4 Å². The molecule has 1 heterocycles. The normalized spacial score (nSPS) is 17.0. The zero-order valence-electron chi connectivity index (χ0n) is 15.5. The maximum absolute atomic E-state index is 12.4. The van der Waals surface area contributed by atoms with E-state index in [9.17, 15) is 9.90 Å². The van der Waals surface area contributed by atoms with Crippen molar-refractivity contribution >= 4 is 34.5 Å². The molecule has 0 unspecified atom stereocenters. The SMILES string of the molecule is CCOC(=O)C1=C(O)C(=Cc2ccc(C)cc2)SC1=Nc1ccc(C)cc1. The van der Waals surface area contributed by atoms with Crippen LogP contribution in [-0.4, -0.2) is 22.7 Å². The van der Waals surface area contributed by atoms with Crippen LogP contribution in [0.15, 0.2) is 69.8 Å². The van der Waals surface area contributed by atoms with Gasteiger partial charge in [0, 0.05) is 0 Å². The molecule has 1 aliphatic heterocycles. The van der Waals surface area contributed by atoms with Crippen LogP contribution in [0.1, 0.15) is 23.6 Å². The summed E-state index contributed by atoms with van der Waals surface area (Å²) in [4.78, 5) is 17.5. The first-order chi connectivity index (χ1) is 13.0. The summed E-state index contributed by atoms with van der Waals surface area (Å²) in [6, 6.07) is 15.6. The number of carbonyl (C=O) groups is 1. The number of esters is 1. The lowest BCUT2D eigenvalue weighted by atomic mass is 10.1. The molecule has 1 N–H and O–H groups in total. The van der Waals surface area contributed by atoms with E-state index in [1.807, 2.05) is 68.5 Å². The summed E-state index contributed by atoms with van der Waals surface area (Å²) in [5, 5.41) is 11.1. The van der Waals surface area contributed by atoms with Gasteiger partial charge >= 0.3 is 5.97 Å². The van der Waals surface area contributed by atoms with Gasteiger partial charge in [-0.15, -0.1) is 0 Å². The van der Waals surface area contributed by atoms with E-state index in [4.69, 9.17) is 4.74 Å². The van der Waals surface area contributed by atoms with Crippen LogP contribution in [-0.2, 0) is 9.53 Å². The van der Waals surface area contributed by atoms with Gasteiger partial charge in [-0.3, -0.25) is 0 Å². The number of aliphatic hydroxyl groups excluding tert-OH is 1. The Hall–Kier alpha value is -2.79. The van der Waals surface area contributed by atoms with Crippen molar-refractivity contribution in [3.8, 4) is 0 Å². The van der Waals surface area contributed by atoms with E-state index in [2.05, 4.69) is 4.99 Å². The van der Waals surface area contributed by atoms with Gasteiger partial charge in [-0.05, 0) is 44.5 Å². The molecule has 2 aromatic rings. The van der Waals surface area contributed by atoms with Crippen LogP contribution < -0.4 is 0 Å². The summed E-state index contributed by atoms with van der Waals surface area (Å²) in [5.41, 5.74) is 4.05. The molecule has 0 saturated heterocycles. The average Bonchev–Trinajstić information content (AvgIpc) is 2.94. The molecular weight excluding hydrogens is 358 g/mol. The molecule has 0 spiro atoms. The van der Waals surface area contributed by atoms with Crippen molar-refractivity contribution in [1.82, 2.24) is 0 Å². The predicted octanol–water partition coefficient (Wildman–Crippen LogP) is 5.50. The second-order valence-electron chi connectivity index (χ2n) is 6.22. The first-order valence-electron chi connectivity index (χ1n) is 8.70. The topological polar surface area (TPSA) is 58.9 Å². The van der Waals surface area contributed by atoms with Crippen molar-refractivity contribution in [2.24, 2.45) is 4.99 Å². The number of nitrogens with zero attached hydrogens (tertiary/aromatic N) is 1. The van der Waals surface area contributed by atoms with Crippen LogP contribution >= 0.6 is 11.8 Å². The van der Waals surface area contributed by atoms with Crippen molar-refractivity contribution in [1.29, 1.82) is 0 Å². The Morgan fingerprint density at radius 1 is 1.07 bits per heavy atom. The van der Waals surface area contributed by atoms with E-state index in [0.717, 1.165) is 16.7 Å². The van der Waals surface area contributed by atoms with Gasteiger partial charge in [0.2, 0.25) is 0 Å². The van der Waals surface area contributed by atoms with Crippen molar-refractivity contribution in [2.45, 2.75) is 20.8 Å². The molecule has 0 fully saturated rings. The molecule has 0 bridgehead atoms. The molecule has 1 aliphatic rings. The zero-order chi connectivity index (χ0) is 19.4. The van der Waals surface area contributed by atoms with Crippen molar-refractivity contribution in [2.75, 3.05) is 6.61 Å². The third-order valence-corrected chi connectivity index (χ3v) is 5.03. The second-order valence-corrected chi connectivity index (χ2v) is 7.25. The number of hydrogen-bond acceptors (Lipinski definition) is 5. The predicted molar refractivity (Wildman–Crippen MR) is 111 cm³/mol. The van der Waals surface area contributed by atoms with Gasteiger partial charge in [-0.25, -0.2) is 9.79 Å². The number of thioether (sulfide) groups is 1. The van der Waals surface area contributed by atoms with E-state index in [1.54, 1.807) is 6.92 Å². The summed E-state index contributed by atoms with van der Waals surface area (Å²) in [7, 11) is 0. The van der Waals surface area contributed by atoms with Crippen molar-refractivity contribution in [3.63, 3.8) is 0 Å². The fourth-order valence-electron chi connectivity index (χ4n) is 2.54. The minimum Gasteiger partial charge on any atom is -0.506 e. The van der Waals surface area contributed by atoms with Crippen LogP contribution in [0.4, 0.5) is 5.69 Å². The quantitative estimate of drug-likeness (QED) is 0.713. The fraction of sp³-hybridized carbons (Fsp3) is 0.182. The van der Waals surface area contributed by atoms with E-state index in [0.29, 0.717) is 15.6 Å². The first kappa shape index (κ1) is 19.0. The second kappa shape index (κ2) is 8.27. The van der Waals surface area contributed by atoms with E-state index < -0.39 is 5.97 Å². The summed E-state index contributed by atoms with van der Waals surface area (Å²) in [6.45, 7) is 5.98. The van der Waals surface area contributed by atoms with E-state index >= 15 is 0 Å². The van der Waals surface area contributed by atoms with Gasteiger partial charge < -0.3 is 9.84 Å². The molecule has 0 aliphatic carbocycles. The highest BCUT2D eigenvalue weighted by Gasteiger charge is 2.33. The Bertz CT molecular complexity index is 939. The third kappa shape index (κ3) is 4.49. The summed E-state index contributed by atoms with van der Waals surface area (Å²) in [5.74, 6) is -0.662. The molecule has 138 valence electrons. The van der Waals surface area contributed by atoms with Gasteiger partial charge in [-0.1, -0.05) is 59.3 Å². The number of aliphatic hydroxyl groups is 1. The van der Waals surface area contributed by atoms with Gasteiger partial charge in [0.25, 0.3) is 0 Å². The number of rotatable bonds is 4. The van der Waals surface area contributed by atoms with E-state index in [1.165, 1.54) is 11.8 Å². The molecule has 27 heavy (non-hydrogen) atoms. The third-order valence-electron chi connectivity index (χ3n) is 4.01.